The van der Waals surface area contributed by atoms with Crippen molar-refractivity contribution in [3.05, 3.63) is 29.8 Å². The van der Waals surface area contributed by atoms with Gasteiger partial charge in [0, 0.05) is 6.42 Å². The van der Waals surface area contributed by atoms with Crippen molar-refractivity contribution in [3.63, 3.8) is 0 Å². The van der Waals surface area contributed by atoms with E-state index in [0.717, 1.165) is 11.3 Å². The van der Waals surface area contributed by atoms with Crippen LogP contribution in [0.4, 0.5) is 0 Å². The fourth-order valence-electron chi connectivity index (χ4n) is 2.59. The van der Waals surface area contributed by atoms with Gasteiger partial charge in [-0.25, -0.2) is 4.79 Å². The Morgan fingerprint density at radius 1 is 1.00 bits per heavy atom. The van der Waals surface area contributed by atoms with E-state index >= 15 is 0 Å². The monoisotopic (exact) mass is 380 g/mol. The van der Waals surface area contributed by atoms with Gasteiger partial charge in [0.15, 0.2) is 0 Å². The van der Waals surface area contributed by atoms with Gasteiger partial charge >= 0.3 is 11.9 Å². The van der Waals surface area contributed by atoms with E-state index in [1.54, 1.807) is 6.92 Å². The Balaban J connectivity index is 2.51. The number of carbonyl (C=O) groups excluding carboxylic acids is 1. The molecule has 1 amide bonds. The summed E-state index contributed by atoms with van der Waals surface area (Å²) in [6.45, 7) is 4.71. The molecule has 0 aliphatic heterocycles. The van der Waals surface area contributed by atoms with Gasteiger partial charge in [-0.1, -0.05) is 19.1 Å². The Morgan fingerprint density at radius 2 is 1.63 bits per heavy atom. The molecule has 0 aliphatic carbocycles. The Bertz CT molecular complexity index is 617. The highest BCUT2D eigenvalue weighted by atomic mass is 16.5. The van der Waals surface area contributed by atoms with Crippen LogP contribution in [0.25, 0.3) is 0 Å². The summed E-state index contributed by atoms with van der Waals surface area (Å²) in [7, 11) is 0. The molecular weight excluding hydrogens is 352 g/mol. The molecule has 1 aromatic carbocycles. The Morgan fingerprint density at radius 3 is 2.15 bits per heavy atom. The third-order valence-electron chi connectivity index (χ3n) is 4.00. The number of rotatable bonds is 13. The lowest BCUT2D eigenvalue weighted by molar-refractivity contribution is -0.142. The van der Waals surface area contributed by atoms with Gasteiger partial charge in [0.2, 0.25) is 5.91 Å². The van der Waals surface area contributed by atoms with Crippen molar-refractivity contribution in [3.8, 4) is 5.75 Å². The highest BCUT2D eigenvalue weighted by Gasteiger charge is 2.22. The molecule has 0 spiro atoms. The van der Waals surface area contributed by atoms with E-state index in [1.165, 1.54) is 0 Å². The Kier molecular flexibility index (Phi) is 9.89. The molecule has 0 fully saturated rings. The molecule has 2 atom stereocenters. The largest absolute Gasteiger partial charge is 0.494 e. The number of hydrogen-bond donors (Lipinski definition) is 4. The number of aryl methyl sites for hydroxylation is 1. The van der Waals surface area contributed by atoms with Gasteiger partial charge in [-0.05, 0) is 50.4 Å². The van der Waals surface area contributed by atoms with Crippen LogP contribution in [0.2, 0.25) is 0 Å². The molecule has 1 rings (SSSR count). The molecule has 0 aromatic heterocycles. The first-order chi connectivity index (χ1) is 12.9. The summed E-state index contributed by atoms with van der Waals surface area (Å²) < 4.78 is 5.36. The van der Waals surface area contributed by atoms with Crippen molar-refractivity contribution in [2.24, 2.45) is 0 Å². The smallest absolute Gasteiger partial charge is 0.326 e. The zero-order chi connectivity index (χ0) is 20.2. The maximum atomic E-state index is 12.0. The number of nitrogens with one attached hydrogen (secondary N) is 2. The predicted octanol–water partition coefficient (Wildman–Crippen LogP) is 1.43. The van der Waals surface area contributed by atoms with Gasteiger partial charge < -0.3 is 25.6 Å². The Hall–Kier alpha value is -2.61. The topological polar surface area (TPSA) is 125 Å². The molecule has 8 heteroatoms. The van der Waals surface area contributed by atoms with Crippen molar-refractivity contribution >= 4 is 17.8 Å². The van der Waals surface area contributed by atoms with E-state index in [4.69, 9.17) is 9.84 Å². The second kappa shape index (κ2) is 11.9. The van der Waals surface area contributed by atoms with E-state index in [9.17, 15) is 19.5 Å². The molecule has 0 unspecified atom stereocenters. The van der Waals surface area contributed by atoms with Gasteiger partial charge in [-0.2, -0.15) is 0 Å². The predicted molar refractivity (Wildman–Crippen MR) is 99.8 cm³/mol. The summed E-state index contributed by atoms with van der Waals surface area (Å²) in [6.07, 6.45) is 0.764. The van der Waals surface area contributed by atoms with E-state index < -0.39 is 29.9 Å². The number of amides is 1. The maximum Gasteiger partial charge on any atom is 0.326 e. The van der Waals surface area contributed by atoms with Gasteiger partial charge in [0.1, 0.15) is 17.8 Å². The molecule has 8 nitrogen and oxygen atoms in total. The lowest BCUT2D eigenvalue weighted by Crippen LogP contribution is -2.42. The van der Waals surface area contributed by atoms with Gasteiger partial charge in [0.05, 0.1) is 6.61 Å². The standard InChI is InChI=1S/C19H28N2O6/c1-3-20-15(18(23)24)11-12-17(22)21-16(19(25)26)10-7-13-5-8-14(9-6-13)27-4-2/h5-6,8-9,15-16,20H,3-4,7,10-12H2,1-2H3,(H,21,22)(H,23,24)(H,25,26)/t15-,16-/m1/s1. The van der Waals surface area contributed by atoms with Crippen LogP contribution in [0.5, 0.6) is 5.75 Å². The van der Waals surface area contributed by atoms with Crippen molar-refractivity contribution in [2.75, 3.05) is 13.2 Å². The zero-order valence-corrected chi connectivity index (χ0v) is 15.7. The molecule has 27 heavy (non-hydrogen) atoms. The second-order valence-corrected chi connectivity index (χ2v) is 6.06. The van der Waals surface area contributed by atoms with E-state index in [2.05, 4.69) is 10.6 Å². The van der Waals surface area contributed by atoms with E-state index in [-0.39, 0.29) is 19.3 Å². The fourth-order valence-corrected chi connectivity index (χ4v) is 2.59. The average Bonchev–Trinajstić information content (AvgIpc) is 2.63. The van der Waals surface area contributed by atoms with Crippen molar-refractivity contribution in [2.45, 2.75) is 51.6 Å². The first kappa shape index (κ1) is 22.4. The van der Waals surface area contributed by atoms with Gasteiger partial charge in [-0.3, -0.25) is 9.59 Å². The number of carboxylic acids is 2. The molecule has 0 bridgehead atoms. The summed E-state index contributed by atoms with van der Waals surface area (Å²) in [4.78, 5) is 34.5. The fraction of sp³-hybridized carbons (Fsp3) is 0.526. The molecule has 0 saturated heterocycles. The number of likely N-dealkylation sites (N-methyl/N-ethyl adjacent to an activating group) is 1. The first-order valence-corrected chi connectivity index (χ1v) is 9.07. The summed E-state index contributed by atoms with van der Waals surface area (Å²) in [5.41, 5.74) is 0.942. The number of hydrogen-bond acceptors (Lipinski definition) is 5. The maximum absolute atomic E-state index is 12.0. The molecule has 1 aromatic rings. The first-order valence-electron chi connectivity index (χ1n) is 9.07. The molecule has 4 N–H and O–H groups in total. The summed E-state index contributed by atoms with van der Waals surface area (Å²) in [6, 6.07) is 5.51. The molecule has 0 heterocycles. The summed E-state index contributed by atoms with van der Waals surface area (Å²) in [5, 5.41) is 23.6. The average molecular weight is 380 g/mol. The number of carbonyl (C=O) groups is 3. The van der Waals surface area contributed by atoms with Crippen LogP contribution in [0.1, 0.15) is 38.7 Å². The zero-order valence-electron chi connectivity index (χ0n) is 15.7. The second-order valence-electron chi connectivity index (χ2n) is 6.06. The van der Waals surface area contributed by atoms with Crippen LogP contribution in [0.3, 0.4) is 0 Å². The van der Waals surface area contributed by atoms with E-state index in [0.29, 0.717) is 19.6 Å². The number of benzene rings is 1. The van der Waals surface area contributed by atoms with Crippen LogP contribution < -0.4 is 15.4 Å². The van der Waals surface area contributed by atoms with E-state index in [1.807, 2.05) is 31.2 Å². The van der Waals surface area contributed by atoms with Crippen molar-refractivity contribution in [1.82, 2.24) is 10.6 Å². The summed E-state index contributed by atoms with van der Waals surface area (Å²) in [5.74, 6) is -1.87. The van der Waals surface area contributed by atoms with Crippen LogP contribution in [-0.4, -0.2) is 53.3 Å². The van der Waals surface area contributed by atoms with Crippen LogP contribution in [-0.2, 0) is 20.8 Å². The molecule has 0 aliphatic rings. The highest BCUT2D eigenvalue weighted by molar-refractivity contribution is 5.84. The van der Waals surface area contributed by atoms with Crippen LogP contribution in [0, 0.1) is 0 Å². The third-order valence-corrected chi connectivity index (χ3v) is 4.00. The minimum Gasteiger partial charge on any atom is -0.494 e. The molecular formula is C19H28N2O6. The van der Waals surface area contributed by atoms with Crippen LogP contribution >= 0.6 is 0 Å². The number of aliphatic carboxylic acids is 2. The molecule has 150 valence electrons. The van der Waals surface area contributed by atoms with Crippen molar-refractivity contribution < 1.29 is 29.3 Å². The van der Waals surface area contributed by atoms with Gasteiger partial charge in [-0.15, -0.1) is 0 Å². The Labute approximate surface area is 158 Å². The summed E-state index contributed by atoms with van der Waals surface area (Å²) >= 11 is 0. The molecule has 0 radical (unpaired) electrons. The minimum atomic E-state index is -1.12. The molecule has 0 saturated carbocycles. The number of ether oxygens (including phenoxy) is 1. The lowest BCUT2D eigenvalue weighted by Gasteiger charge is -2.16. The van der Waals surface area contributed by atoms with Crippen LogP contribution in [0.15, 0.2) is 24.3 Å². The van der Waals surface area contributed by atoms with Gasteiger partial charge in [0.25, 0.3) is 0 Å². The van der Waals surface area contributed by atoms with Crippen molar-refractivity contribution in [1.29, 1.82) is 0 Å². The number of carboxylic acid groups (broad SMARTS) is 2. The third kappa shape index (κ3) is 8.54. The minimum absolute atomic E-state index is 0.0587. The lowest BCUT2D eigenvalue weighted by atomic mass is 10.0. The quantitative estimate of drug-likeness (QED) is 0.408. The SMILES string of the molecule is CCN[C@H](CCC(=O)N[C@H](CCc1ccc(OCC)cc1)C(=O)O)C(=O)O. The normalized spacial score (nSPS) is 12.8. The highest BCUT2D eigenvalue weighted by Crippen LogP contribution is 2.14.